The highest BCUT2D eigenvalue weighted by atomic mass is 35.5. The average molecular weight is 420 g/mol. The molecule has 1 aliphatic rings. The Kier molecular flexibility index (Phi) is 4.79. The predicted octanol–water partition coefficient (Wildman–Crippen LogP) is 5.38. The lowest BCUT2D eigenvalue weighted by atomic mass is 9.96. The zero-order valence-electron chi connectivity index (χ0n) is 16.9. The van der Waals surface area contributed by atoms with Gasteiger partial charge in [-0.3, -0.25) is 0 Å². The second-order valence-corrected chi connectivity index (χ2v) is 7.99. The van der Waals surface area contributed by atoms with E-state index in [0.717, 1.165) is 48.4 Å². The number of hydrogen-bond acceptors (Lipinski definition) is 5. The molecule has 0 fully saturated rings. The number of aryl methyl sites for hydroxylation is 2. The number of methoxy groups -OCH3 is 1. The van der Waals surface area contributed by atoms with Crippen molar-refractivity contribution in [2.45, 2.75) is 32.6 Å². The van der Waals surface area contributed by atoms with Crippen molar-refractivity contribution in [3.8, 4) is 17.1 Å². The molecule has 6 nitrogen and oxygen atoms in total. The Morgan fingerprint density at radius 3 is 2.60 bits per heavy atom. The number of halogens is 1. The Morgan fingerprint density at radius 2 is 1.83 bits per heavy atom. The maximum atomic E-state index is 6.34. The highest BCUT2D eigenvalue weighted by molar-refractivity contribution is 6.32. The fourth-order valence-electron chi connectivity index (χ4n) is 3.88. The molecule has 0 saturated heterocycles. The highest BCUT2D eigenvalue weighted by Crippen LogP contribution is 2.33. The minimum atomic E-state index is 0.556. The molecule has 4 aromatic rings. The van der Waals surface area contributed by atoms with E-state index in [4.69, 9.17) is 31.4 Å². The van der Waals surface area contributed by atoms with Gasteiger partial charge in [-0.25, -0.2) is 4.98 Å². The summed E-state index contributed by atoms with van der Waals surface area (Å²) < 4.78 is 7.09. The molecule has 0 radical (unpaired) electrons. The number of ether oxygens (including phenoxy) is 1. The summed E-state index contributed by atoms with van der Waals surface area (Å²) in [6.07, 6.45) is 4.20. The van der Waals surface area contributed by atoms with Crippen LogP contribution < -0.4 is 10.1 Å². The summed E-state index contributed by atoms with van der Waals surface area (Å²) in [4.78, 5) is 9.55. The van der Waals surface area contributed by atoms with Gasteiger partial charge in [-0.2, -0.15) is 9.50 Å². The van der Waals surface area contributed by atoms with E-state index in [0.29, 0.717) is 22.4 Å². The summed E-state index contributed by atoms with van der Waals surface area (Å²) in [5.74, 6) is 2.82. The zero-order valence-corrected chi connectivity index (χ0v) is 17.7. The molecule has 0 unspecified atom stereocenters. The molecule has 5 rings (SSSR count). The first-order chi connectivity index (χ1) is 14.6. The van der Waals surface area contributed by atoms with Crippen LogP contribution in [0.4, 0.5) is 11.5 Å². The lowest BCUT2D eigenvalue weighted by Crippen LogP contribution is -2.13. The van der Waals surface area contributed by atoms with Crippen LogP contribution in [-0.2, 0) is 12.8 Å². The number of benzene rings is 2. The van der Waals surface area contributed by atoms with Crippen molar-refractivity contribution in [3.63, 3.8) is 0 Å². The van der Waals surface area contributed by atoms with Crippen molar-refractivity contribution in [2.24, 2.45) is 0 Å². The number of nitrogens with zero attached hydrogens (tertiary/aromatic N) is 4. The van der Waals surface area contributed by atoms with Crippen LogP contribution >= 0.6 is 11.6 Å². The number of nitrogens with one attached hydrogen (secondary N) is 1. The molecule has 0 atom stereocenters. The quantitative estimate of drug-likeness (QED) is 0.480. The topological polar surface area (TPSA) is 64.3 Å². The van der Waals surface area contributed by atoms with Gasteiger partial charge in [0.05, 0.1) is 17.8 Å². The van der Waals surface area contributed by atoms with E-state index in [1.165, 1.54) is 11.1 Å². The molecular weight excluding hydrogens is 398 g/mol. The molecule has 2 heterocycles. The van der Waals surface area contributed by atoms with Crippen molar-refractivity contribution in [2.75, 3.05) is 12.4 Å². The van der Waals surface area contributed by atoms with Crippen molar-refractivity contribution in [3.05, 3.63) is 64.3 Å². The number of rotatable bonds is 4. The van der Waals surface area contributed by atoms with E-state index >= 15 is 0 Å². The van der Waals surface area contributed by atoms with Crippen molar-refractivity contribution in [1.29, 1.82) is 0 Å². The second-order valence-electron chi connectivity index (χ2n) is 7.58. The van der Waals surface area contributed by atoms with Crippen LogP contribution in [0.5, 0.6) is 5.75 Å². The molecule has 1 aliphatic carbocycles. The minimum absolute atomic E-state index is 0.556. The maximum absolute atomic E-state index is 6.34. The number of hydrogen-bond donors (Lipinski definition) is 1. The third-order valence-corrected chi connectivity index (χ3v) is 5.78. The van der Waals surface area contributed by atoms with Crippen LogP contribution in [0.2, 0.25) is 5.02 Å². The van der Waals surface area contributed by atoms with Gasteiger partial charge in [-0.15, -0.1) is 5.10 Å². The van der Waals surface area contributed by atoms with Crippen LogP contribution in [-0.4, -0.2) is 26.7 Å². The molecule has 0 aliphatic heterocycles. The molecule has 7 heteroatoms. The molecule has 1 N–H and O–H groups in total. The minimum Gasteiger partial charge on any atom is -0.495 e. The Morgan fingerprint density at radius 1 is 1.03 bits per heavy atom. The van der Waals surface area contributed by atoms with Gasteiger partial charge in [0.1, 0.15) is 11.6 Å². The fourth-order valence-corrected chi connectivity index (χ4v) is 4.13. The van der Waals surface area contributed by atoms with E-state index in [9.17, 15) is 0 Å². The molecule has 0 amide bonds. The van der Waals surface area contributed by atoms with E-state index in [1.807, 2.05) is 34.8 Å². The van der Waals surface area contributed by atoms with Crippen LogP contribution in [0, 0.1) is 6.92 Å². The van der Waals surface area contributed by atoms with Gasteiger partial charge in [-0.1, -0.05) is 41.4 Å². The van der Waals surface area contributed by atoms with Gasteiger partial charge in [0.15, 0.2) is 5.82 Å². The zero-order chi connectivity index (χ0) is 20.7. The van der Waals surface area contributed by atoms with Gasteiger partial charge in [0, 0.05) is 16.8 Å². The molecule has 0 saturated carbocycles. The van der Waals surface area contributed by atoms with Crippen molar-refractivity contribution >= 4 is 28.9 Å². The number of aromatic nitrogens is 4. The molecule has 2 aromatic carbocycles. The van der Waals surface area contributed by atoms with Gasteiger partial charge in [0.25, 0.3) is 5.78 Å². The summed E-state index contributed by atoms with van der Waals surface area (Å²) in [7, 11) is 1.61. The lowest BCUT2D eigenvalue weighted by molar-refractivity contribution is 0.415. The first-order valence-electron chi connectivity index (χ1n) is 10.1. The van der Waals surface area contributed by atoms with Gasteiger partial charge in [0.2, 0.25) is 0 Å². The summed E-state index contributed by atoms with van der Waals surface area (Å²) in [6.45, 7) is 2.07. The molecule has 30 heavy (non-hydrogen) atoms. The largest absolute Gasteiger partial charge is 0.495 e. The summed E-state index contributed by atoms with van der Waals surface area (Å²) >= 11 is 6.34. The Bertz CT molecular complexity index is 1230. The third kappa shape index (κ3) is 3.37. The molecule has 2 aromatic heterocycles. The van der Waals surface area contributed by atoms with Crippen LogP contribution in [0.3, 0.4) is 0 Å². The Hall–Kier alpha value is -3.12. The lowest BCUT2D eigenvalue weighted by Gasteiger charge is -2.20. The SMILES string of the molecule is COc1ccc(Nc2c3c(nc4nc(-c5ccc(C)cc5)nn24)CCCC3)cc1Cl. The van der Waals surface area contributed by atoms with Crippen molar-refractivity contribution in [1.82, 2.24) is 19.6 Å². The first-order valence-corrected chi connectivity index (χ1v) is 10.5. The normalized spacial score (nSPS) is 13.3. The molecule has 0 spiro atoms. The smallest absolute Gasteiger partial charge is 0.254 e. The monoisotopic (exact) mass is 419 g/mol. The molecule has 152 valence electrons. The Labute approximate surface area is 179 Å². The third-order valence-electron chi connectivity index (χ3n) is 5.49. The molecule has 0 bridgehead atoms. The van der Waals surface area contributed by atoms with E-state index in [-0.39, 0.29) is 0 Å². The van der Waals surface area contributed by atoms with E-state index in [2.05, 4.69) is 24.4 Å². The molecular formula is C23H22ClN5O. The van der Waals surface area contributed by atoms with Crippen LogP contribution in [0.25, 0.3) is 17.2 Å². The van der Waals surface area contributed by atoms with E-state index in [1.54, 1.807) is 7.11 Å². The van der Waals surface area contributed by atoms with Crippen LogP contribution in [0.15, 0.2) is 42.5 Å². The van der Waals surface area contributed by atoms with Gasteiger partial charge in [-0.05, 0) is 50.8 Å². The highest BCUT2D eigenvalue weighted by Gasteiger charge is 2.21. The summed E-state index contributed by atoms with van der Waals surface area (Å²) in [5.41, 5.74) is 5.34. The van der Waals surface area contributed by atoms with Gasteiger partial charge < -0.3 is 10.1 Å². The summed E-state index contributed by atoms with van der Waals surface area (Å²) in [5, 5.41) is 8.87. The fraction of sp³-hybridized carbons (Fsp3) is 0.261. The maximum Gasteiger partial charge on any atom is 0.254 e. The average Bonchev–Trinajstić information content (AvgIpc) is 3.18. The summed E-state index contributed by atoms with van der Waals surface area (Å²) in [6, 6.07) is 13.9. The standard InChI is InChI=1S/C23H22ClN5O/c1-14-7-9-15(10-8-14)21-27-23-26-19-6-4-3-5-17(19)22(29(23)28-21)25-16-11-12-20(30-2)18(24)13-16/h7-13,25H,3-6H2,1-2H3. The van der Waals surface area contributed by atoms with E-state index < -0.39 is 0 Å². The second kappa shape index (κ2) is 7.61. The van der Waals surface area contributed by atoms with Gasteiger partial charge >= 0.3 is 0 Å². The number of anilines is 2. The van der Waals surface area contributed by atoms with Crippen molar-refractivity contribution < 1.29 is 4.74 Å². The first kappa shape index (κ1) is 18.9. The van der Waals surface area contributed by atoms with Crippen LogP contribution in [0.1, 0.15) is 29.7 Å². The predicted molar refractivity (Wildman–Crippen MR) is 119 cm³/mol. The number of fused-ring (bicyclic) bond motifs is 2. The Balaban J connectivity index is 1.64.